The monoisotopic (exact) mass is 308 g/mol. The molecule has 3 rings (SSSR count). The molecule has 0 heterocycles. The van der Waals surface area contributed by atoms with Gasteiger partial charge in [0.2, 0.25) is 0 Å². The van der Waals surface area contributed by atoms with Crippen molar-refractivity contribution in [2.75, 3.05) is 0 Å². The molecule has 3 aliphatic rings. The molecule has 4 heteroatoms. The lowest BCUT2D eigenvalue weighted by atomic mass is 9.52. The number of esters is 1. The maximum Gasteiger partial charge on any atom is 0.302 e. The zero-order valence-electron chi connectivity index (χ0n) is 13.8. The number of carbonyl (C=O) groups excluding carboxylic acids is 2. The first-order valence-corrected chi connectivity index (χ1v) is 8.77. The van der Waals surface area contributed by atoms with Crippen LogP contribution in [0.5, 0.6) is 0 Å². The van der Waals surface area contributed by atoms with Gasteiger partial charge in [-0.2, -0.15) is 0 Å². The Labute approximate surface area is 132 Å². The fourth-order valence-corrected chi connectivity index (χ4v) is 5.58. The lowest BCUT2D eigenvalue weighted by Crippen LogP contribution is -2.54. The smallest absolute Gasteiger partial charge is 0.302 e. The Morgan fingerprint density at radius 3 is 2.55 bits per heavy atom. The highest BCUT2D eigenvalue weighted by Crippen LogP contribution is 2.53. The van der Waals surface area contributed by atoms with Crippen LogP contribution in [-0.4, -0.2) is 29.1 Å². The second-order valence-corrected chi connectivity index (χ2v) is 7.88. The van der Waals surface area contributed by atoms with Gasteiger partial charge >= 0.3 is 5.97 Å². The number of hydrogen-bond acceptors (Lipinski definition) is 4. The molecule has 3 fully saturated rings. The average molecular weight is 308 g/mol. The Morgan fingerprint density at radius 1 is 1.14 bits per heavy atom. The second-order valence-electron chi connectivity index (χ2n) is 7.88. The Hall–Kier alpha value is -0.900. The number of fused-ring (bicyclic) bond motifs is 3. The fraction of sp³-hybridized carbons (Fsp3) is 0.889. The van der Waals surface area contributed by atoms with Crippen LogP contribution in [0.1, 0.15) is 52.9 Å². The first-order chi connectivity index (χ1) is 10.4. The molecule has 0 spiro atoms. The summed E-state index contributed by atoms with van der Waals surface area (Å²) in [5.74, 6) is 1.72. The van der Waals surface area contributed by atoms with Crippen molar-refractivity contribution in [1.82, 2.24) is 0 Å². The molecule has 0 aromatic heterocycles. The van der Waals surface area contributed by atoms with Crippen molar-refractivity contribution in [3.63, 3.8) is 0 Å². The van der Waals surface area contributed by atoms with E-state index in [1.807, 2.05) is 6.92 Å². The normalized spacial score (nSPS) is 48.3. The van der Waals surface area contributed by atoms with Gasteiger partial charge in [0.25, 0.3) is 0 Å². The third-order valence-electron chi connectivity index (χ3n) is 6.44. The Kier molecular flexibility index (Phi) is 4.32. The van der Waals surface area contributed by atoms with Gasteiger partial charge in [-0.15, -0.1) is 0 Å². The van der Waals surface area contributed by atoms with E-state index in [0.29, 0.717) is 30.0 Å². The van der Waals surface area contributed by atoms with Crippen LogP contribution in [0, 0.1) is 35.5 Å². The molecule has 0 aromatic carbocycles. The fourth-order valence-electron chi connectivity index (χ4n) is 5.58. The van der Waals surface area contributed by atoms with Crippen LogP contribution in [0.4, 0.5) is 0 Å². The van der Waals surface area contributed by atoms with Crippen molar-refractivity contribution >= 4 is 11.8 Å². The van der Waals surface area contributed by atoms with Gasteiger partial charge in [0.15, 0.2) is 0 Å². The Bertz CT molecular complexity index is 460. The van der Waals surface area contributed by atoms with Crippen molar-refractivity contribution in [3.8, 4) is 0 Å². The molecule has 0 saturated heterocycles. The van der Waals surface area contributed by atoms with Gasteiger partial charge in [-0.1, -0.05) is 13.8 Å². The number of Topliss-reactive ketones (excluding diaryl/α,β-unsaturated/α-hetero) is 1. The highest BCUT2D eigenvalue weighted by atomic mass is 16.5. The molecule has 0 radical (unpaired) electrons. The van der Waals surface area contributed by atoms with E-state index in [-0.39, 0.29) is 29.8 Å². The summed E-state index contributed by atoms with van der Waals surface area (Å²) in [7, 11) is 0. The molecular weight excluding hydrogens is 280 g/mol. The van der Waals surface area contributed by atoms with Gasteiger partial charge in [0.1, 0.15) is 11.9 Å². The van der Waals surface area contributed by atoms with E-state index >= 15 is 0 Å². The van der Waals surface area contributed by atoms with E-state index in [2.05, 4.69) is 6.92 Å². The van der Waals surface area contributed by atoms with Crippen molar-refractivity contribution in [2.24, 2.45) is 35.5 Å². The first-order valence-electron chi connectivity index (χ1n) is 8.77. The molecule has 124 valence electrons. The Balaban J connectivity index is 1.80. The minimum Gasteiger partial charge on any atom is -0.463 e. The zero-order valence-corrected chi connectivity index (χ0v) is 13.8. The number of ketones is 1. The molecule has 0 aromatic rings. The average Bonchev–Trinajstić information content (AvgIpc) is 2.43. The van der Waals surface area contributed by atoms with Crippen LogP contribution < -0.4 is 0 Å². The summed E-state index contributed by atoms with van der Waals surface area (Å²) in [6.07, 6.45) is 3.81. The number of hydrogen-bond donors (Lipinski definition) is 1. The summed E-state index contributed by atoms with van der Waals surface area (Å²) >= 11 is 0. The van der Waals surface area contributed by atoms with Gasteiger partial charge in [-0.25, -0.2) is 0 Å². The van der Waals surface area contributed by atoms with E-state index < -0.39 is 6.10 Å². The minimum atomic E-state index is -0.429. The number of rotatable bonds is 1. The number of aliphatic hydroxyl groups is 1. The van der Waals surface area contributed by atoms with Crippen LogP contribution in [0.2, 0.25) is 0 Å². The number of ether oxygens (including phenoxy) is 1. The maximum absolute atomic E-state index is 12.5. The van der Waals surface area contributed by atoms with Gasteiger partial charge in [-0.3, -0.25) is 9.59 Å². The quantitative estimate of drug-likeness (QED) is 0.756. The van der Waals surface area contributed by atoms with Crippen molar-refractivity contribution in [2.45, 2.75) is 65.1 Å². The second kappa shape index (κ2) is 5.95. The van der Waals surface area contributed by atoms with Gasteiger partial charge in [0.05, 0.1) is 6.10 Å². The largest absolute Gasteiger partial charge is 0.463 e. The summed E-state index contributed by atoms with van der Waals surface area (Å²) in [6.45, 7) is 5.67. The topological polar surface area (TPSA) is 63.6 Å². The molecule has 22 heavy (non-hydrogen) atoms. The van der Waals surface area contributed by atoms with Gasteiger partial charge in [-0.05, 0) is 55.8 Å². The third kappa shape index (κ3) is 2.70. The molecule has 8 atom stereocenters. The molecule has 3 aliphatic carbocycles. The van der Waals surface area contributed by atoms with Crippen LogP contribution in [0.25, 0.3) is 0 Å². The molecule has 0 bridgehead atoms. The van der Waals surface area contributed by atoms with Crippen LogP contribution in [-0.2, 0) is 14.3 Å². The molecular formula is C18H28O4. The van der Waals surface area contributed by atoms with E-state index in [4.69, 9.17) is 4.74 Å². The SMILES string of the molecule is CC(=O)OC1CC2C(C3CCC(C)C(=O)C3C[C@@H]2O)[C@@H](C)C1. The molecule has 6 unspecified atom stereocenters. The summed E-state index contributed by atoms with van der Waals surface area (Å²) in [4.78, 5) is 23.8. The third-order valence-corrected chi connectivity index (χ3v) is 6.44. The summed E-state index contributed by atoms with van der Waals surface area (Å²) < 4.78 is 5.42. The van der Waals surface area contributed by atoms with Crippen LogP contribution >= 0.6 is 0 Å². The van der Waals surface area contributed by atoms with Crippen molar-refractivity contribution in [1.29, 1.82) is 0 Å². The Morgan fingerprint density at radius 2 is 1.86 bits per heavy atom. The van der Waals surface area contributed by atoms with E-state index in [1.54, 1.807) is 0 Å². The van der Waals surface area contributed by atoms with Crippen molar-refractivity contribution < 1.29 is 19.4 Å². The molecule has 0 aliphatic heterocycles. The maximum atomic E-state index is 12.5. The summed E-state index contributed by atoms with van der Waals surface area (Å²) in [5.41, 5.74) is 0. The lowest BCUT2D eigenvalue weighted by molar-refractivity contribution is -0.162. The van der Waals surface area contributed by atoms with Crippen molar-refractivity contribution in [3.05, 3.63) is 0 Å². The summed E-state index contributed by atoms with van der Waals surface area (Å²) in [6, 6.07) is 0. The van der Waals surface area contributed by atoms with Gasteiger partial charge < -0.3 is 9.84 Å². The van der Waals surface area contributed by atoms with Crippen LogP contribution in [0.15, 0.2) is 0 Å². The van der Waals surface area contributed by atoms with E-state index in [0.717, 1.165) is 25.7 Å². The number of carbonyl (C=O) groups is 2. The highest BCUT2D eigenvalue weighted by molar-refractivity contribution is 5.84. The predicted octanol–water partition coefficient (Wildman–Crippen LogP) is 2.58. The van der Waals surface area contributed by atoms with E-state index in [1.165, 1.54) is 6.92 Å². The first kappa shape index (κ1) is 16.0. The van der Waals surface area contributed by atoms with Crippen LogP contribution in [0.3, 0.4) is 0 Å². The summed E-state index contributed by atoms with van der Waals surface area (Å²) in [5, 5.41) is 10.6. The zero-order chi connectivity index (χ0) is 16.0. The lowest BCUT2D eigenvalue weighted by Gasteiger charge is -2.53. The molecule has 1 N–H and O–H groups in total. The van der Waals surface area contributed by atoms with Gasteiger partial charge in [0, 0.05) is 18.8 Å². The highest BCUT2D eigenvalue weighted by Gasteiger charge is 2.53. The van der Waals surface area contributed by atoms with E-state index in [9.17, 15) is 14.7 Å². The minimum absolute atomic E-state index is 0.0488. The molecule has 3 saturated carbocycles. The standard InChI is InChI=1S/C18H28O4/c1-9-4-5-13-14(18(9)21)8-16(20)15-7-12(22-11(3)19)6-10(2)17(13)15/h9-10,12-17,20H,4-8H2,1-3H3/t9?,10-,12?,13?,14?,15?,16-,17?/m0/s1. The molecule has 0 amide bonds. The molecule has 4 nitrogen and oxygen atoms in total. The predicted molar refractivity (Wildman–Crippen MR) is 81.9 cm³/mol. The number of aliphatic hydroxyl groups excluding tert-OH is 1.